The SMILES string of the molecule is CC(C)[C@@H](C)C[C@H](O)C(=O)O. The molecule has 11 heavy (non-hydrogen) atoms. The third-order valence-corrected chi connectivity index (χ3v) is 2.02. The summed E-state index contributed by atoms with van der Waals surface area (Å²) in [4.78, 5) is 10.2. The molecule has 2 atom stereocenters. The third kappa shape index (κ3) is 3.98. The molecule has 0 heterocycles. The first-order chi connectivity index (χ1) is 4.95. The summed E-state index contributed by atoms with van der Waals surface area (Å²) in [6.45, 7) is 5.97. The molecule has 0 fully saturated rings. The van der Waals surface area contributed by atoms with Gasteiger partial charge in [0.1, 0.15) is 0 Å². The molecule has 2 N–H and O–H groups in total. The maximum absolute atomic E-state index is 10.2. The van der Waals surface area contributed by atoms with Crippen molar-refractivity contribution in [2.45, 2.75) is 33.3 Å². The molecule has 0 unspecified atom stereocenters. The third-order valence-electron chi connectivity index (χ3n) is 2.02. The minimum Gasteiger partial charge on any atom is -0.479 e. The first kappa shape index (κ1) is 10.4. The fraction of sp³-hybridized carbons (Fsp3) is 0.875. The van der Waals surface area contributed by atoms with Crippen molar-refractivity contribution in [3.8, 4) is 0 Å². The van der Waals surface area contributed by atoms with Crippen LogP contribution in [0.15, 0.2) is 0 Å². The molecule has 0 aromatic rings. The maximum Gasteiger partial charge on any atom is 0.332 e. The first-order valence-electron chi connectivity index (χ1n) is 3.86. The fourth-order valence-corrected chi connectivity index (χ4v) is 0.725. The second-order valence-corrected chi connectivity index (χ2v) is 3.31. The number of aliphatic carboxylic acids is 1. The normalized spacial score (nSPS) is 16.5. The van der Waals surface area contributed by atoms with Crippen molar-refractivity contribution in [3.05, 3.63) is 0 Å². The number of aliphatic hydroxyl groups is 1. The Morgan fingerprint density at radius 3 is 2.09 bits per heavy atom. The number of carboxylic acid groups (broad SMARTS) is 1. The van der Waals surface area contributed by atoms with E-state index < -0.39 is 12.1 Å². The van der Waals surface area contributed by atoms with Gasteiger partial charge in [-0.1, -0.05) is 20.8 Å². The molecule has 3 heteroatoms. The molecule has 0 amide bonds. The van der Waals surface area contributed by atoms with E-state index in [4.69, 9.17) is 10.2 Å². The summed E-state index contributed by atoms with van der Waals surface area (Å²) in [6, 6.07) is 0. The molecule has 66 valence electrons. The topological polar surface area (TPSA) is 57.5 Å². The highest BCUT2D eigenvalue weighted by atomic mass is 16.4. The van der Waals surface area contributed by atoms with Gasteiger partial charge in [-0.05, 0) is 18.3 Å². The molecule has 0 saturated carbocycles. The number of carboxylic acids is 1. The van der Waals surface area contributed by atoms with Crippen LogP contribution in [0, 0.1) is 11.8 Å². The molecule has 0 aromatic carbocycles. The summed E-state index contributed by atoms with van der Waals surface area (Å²) < 4.78 is 0. The highest BCUT2D eigenvalue weighted by molar-refractivity contribution is 5.71. The molecule has 0 aliphatic rings. The maximum atomic E-state index is 10.2. The van der Waals surface area contributed by atoms with Crippen molar-refractivity contribution in [3.63, 3.8) is 0 Å². The molecule has 3 nitrogen and oxygen atoms in total. The number of hydrogen-bond acceptors (Lipinski definition) is 2. The van der Waals surface area contributed by atoms with E-state index in [2.05, 4.69) is 0 Å². The lowest BCUT2D eigenvalue weighted by Crippen LogP contribution is -2.23. The van der Waals surface area contributed by atoms with Gasteiger partial charge in [-0.2, -0.15) is 0 Å². The van der Waals surface area contributed by atoms with Crippen molar-refractivity contribution >= 4 is 5.97 Å². The Bertz CT molecular complexity index is 131. The van der Waals surface area contributed by atoms with E-state index >= 15 is 0 Å². The van der Waals surface area contributed by atoms with Crippen LogP contribution in [0.2, 0.25) is 0 Å². The van der Waals surface area contributed by atoms with Gasteiger partial charge >= 0.3 is 5.97 Å². The summed E-state index contributed by atoms with van der Waals surface area (Å²) in [7, 11) is 0. The molecule has 0 aliphatic carbocycles. The number of carbonyl (C=O) groups is 1. The van der Waals surface area contributed by atoms with Gasteiger partial charge in [0, 0.05) is 0 Å². The zero-order chi connectivity index (χ0) is 9.02. The zero-order valence-electron chi connectivity index (χ0n) is 7.24. The number of hydrogen-bond donors (Lipinski definition) is 2. The number of aliphatic hydroxyl groups excluding tert-OH is 1. The van der Waals surface area contributed by atoms with Crippen molar-refractivity contribution in [2.24, 2.45) is 11.8 Å². The highest BCUT2D eigenvalue weighted by Crippen LogP contribution is 2.15. The van der Waals surface area contributed by atoms with Gasteiger partial charge in [0.05, 0.1) is 0 Å². The minimum absolute atomic E-state index is 0.251. The Balaban J connectivity index is 3.75. The van der Waals surface area contributed by atoms with Gasteiger partial charge in [0.25, 0.3) is 0 Å². The Morgan fingerprint density at radius 1 is 1.36 bits per heavy atom. The van der Waals surface area contributed by atoms with E-state index in [1.165, 1.54) is 0 Å². The molecule has 0 aromatic heterocycles. The standard InChI is InChI=1S/C8H16O3/c1-5(2)6(3)4-7(9)8(10)11/h5-7,9H,4H2,1-3H3,(H,10,11)/t6-,7-/m0/s1. The van der Waals surface area contributed by atoms with E-state index in [0.29, 0.717) is 12.3 Å². The quantitative estimate of drug-likeness (QED) is 0.647. The van der Waals surface area contributed by atoms with Gasteiger partial charge < -0.3 is 10.2 Å². The molecular weight excluding hydrogens is 144 g/mol. The predicted octanol–water partition coefficient (Wildman–Crippen LogP) is 1.11. The second-order valence-electron chi connectivity index (χ2n) is 3.31. The van der Waals surface area contributed by atoms with Gasteiger partial charge in [0.2, 0.25) is 0 Å². The van der Waals surface area contributed by atoms with Crippen LogP contribution >= 0.6 is 0 Å². The van der Waals surface area contributed by atoms with E-state index in [-0.39, 0.29) is 5.92 Å². The van der Waals surface area contributed by atoms with Crippen molar-refractivity contribution < 1.29 is 15.0 Å². The molecule has 0 spiro atoms. The van der Waals surface area contributed by atoms with Crippen LogP contribution in [0.1, 0.15) is 27.2 Å². The van der Waals surface area contributed by atoms with Crippen LogP contribution in [0.3, 0.4) is 0 Å². The summed E-state index contributed by atoms with van der Waals surface area (Å²) in [5, 5.41) is 17.3. The largest absolute Gasteiger partial charge is 0.479 e. The Morgan fingerprint density at radius 2 is 1.82 bits per heavy atom. The van der Waals surface area contributed by atoms with E-state index in [0.717, 1.165) is 0 Å². The van der Waals surface area contributed by atoms with Gasteiger partial charge in [-0.15, -0.1) is 0 Å². The predicted molar refractivity (Wildman–Crippen MR) is 42.3 cm³/mol. The smallest absolute Gasteiger partial charge is 0.332 e. The van der Waals surface area contributed by atoms with E-state index in [1.54, 1.807) is 0 Å². The fourth-order valence-electron chi connectivity index (χ4n) is 0.725. The van der Waals surface area contributed by atoms with Crippen LogP contribution in [-0.4, -0.2) is 22.3 Å². The molecule has 0 aliphatic heterocycles. The summed E-state index contributed by atoms with van der Waals surface area (Å²) in [5.74, 6) is -0.456. The Labute approximate surface area is 67.0 Å². The number of rotatable bonds is 4. The van der Waals surface area contributed by atoms with Crippen LogP contribution in [0.5, 0.6) is 0 Å². The van der Waals surface area contributed by atoms with Crippen molar-refractivity contribution in [1.82, 2.24) is 0 Å². The molecule has 0 saturated heterocycles. The first-order valence-corrected chi connectivity index (χ1v) is 3.86. The van der Waals surface area contributed by atoms with Gasteiger partial charge in [-0.3, -0.25) is 0 Å². The minimum atomic E-state index is -1.20. The second kappa shape index (κ2) is 4.34. The summed E-state index contributed by atoms with van der Waals surface area (Å²) in [5.41, 5.74) is 0. The molecule has 0 radical (unpaired) electrons. The average molecular weight is 160 g/mol. The Hall–Kier alpha value is -0.570. The van der Waals surface area contributed by atoms with E-state index in [9.17, 15) is 4.79 Å². The van der Waals surface area contributed by atoms with Gasteiger partial charge in [-0.25, -0.2) is 4.79 Å². The lowest BCUT2D eigenvalue weighted by atomic mass is 9.92. The summed E-state index contributed by atoms with van der Waals surface area (Å²) in [6.07, 6.45) is -0.861. The van der Waals surface area contributed by atoms with E-state index in [1.807, 2.05) is 20.8 Å². The van der Waals surface area contributed by atoms with Crippen molar-refractivity contribution in [2.75, 3.05) is 0 Å². The monoisotopic (exact) mass is 160 g/mol. The van der Waals surface area contributed by atoms with Crippen LogP contribution < -0.4 is 0 Å². The van der Waals surface area contributed by atoms with Crippen LogP contribution in [0.4, 0.5) is 0 Å². The zero-order valence-corrected chi connectivity index (χ0v) is 7.24. The lowest BCUT2D eigenvalue weighted by Gasteiger charge is -2.16. The molecular formula is C8H16O3. The highest BCUT2D eigenvalue weighted by Gasteiger charge is 2.18. The van der Waals surface area contributed by atoms with Crippen LogP contribution in [-0.2, 0) is 4.79 Å². The lowest BCUT2D eigenvalue weighted by molar-refractivity contribution is -0.147. The average Bonchev–Trinajstić information content (AvgIpc) is 1.87. The molecule has 0 bridgehead atoms. The van der Waals surface area contributed by atoms with Crippen molar-refractivity contribution in [1.29, 1.82) is 0 Å². The summed E-state index contributed by atoms with van der Waals surface area (Å²) >= 11 is 0. The molecule has 0 rings (SSSR count). The van der Waals surface area contributed by atoms with Crippen LogP contribution in [0.25, 0.3) is 0 Å². The van der Waals surface area contributed by atoms with Gasteiger partial charge in [0.15, 0.2) is 6.10 Å². The Kier molecular flexibility index (Phi) is 4.11.